The van der Waals surface area contributed by atoms with Crippen LogP contribution in [0.15, 0.2) is 24.3 Å². The summed E-state index contributed by atoms with van der Waals surface area (Å²) in [6, 6.07) is 7.97. The van der Waals surface area contributed by atoms with E-state index in [1.54, 1.807) is 4.68 Å². The third kappa shape index (κ3) is 1.94. The lowest BCUT2D eigenvalue weighted by Gasteiger charge is -2.07. The average Bonchev–Trinajstić information content (AvgIpc) is 2.78. The molecule has 0 saturated carbocycles. The van der Waals surface area contributed by atoms with Crippen LogP contribution in [0, 0.1) is 0 Å². The van der Waals surface area contributed by atoms with Crippen LogP contribution in [0.3, 0.4) is 0 Å². The maximum absolute atomic E-state index is 5.79. The van der Waals surface area contributed by atoms with Gasteiger partial charge in [0.05, 0.1) is 11.7 Å². The van der Waals surface area contributed by atoms with Crippen molar-refractivity contribution in [3.8, 4) is 5.69 Å². The number of nitrogens with two attached hydrogens (primary N) is 1. The van der Waals surface area contributed by atoms with Gasteiger partial charge >= 0.3 is 0 Å². The van der Waals surface area contributed by atoms with E-state index in [4.69, 9.17) is 5.73 Å². The Bertz CT molecular complexity index is 457. The second-order valence-corrected chi connectivity index (χ2v) is 3.76. The lowest BCUT2D eigenvalue weighted by atomic mass is 10.1. The molecule has 16 heavy (non-hydrogen) atoms. The first-order valence-electron chi connectivity index (χ1n) is 5.35. The maximum Gasteiger partial charge on any atom is 0.173 e. The van der Waals surface area contributed by atoms with E-state index in [-0.39, 0.29) is 6.04 Å². The molecule has 84 valence electrons. The summed E-state index contributed by atoms with van der Waals surface area (Å²) in [6.45, 7) is 3.99. The SMILES string of the molecule is CCc1ccc(-n2nnnc2C(C)N)cc1. The molecule has 1 aromatic carbocycles. The lowest BCUT2D eigenvalue weighted by Crippen LogP contribution is -2.13. The Balaban J connectivity index is 2.38. The van der Waals surface area contributed by atoms with Crippen molar-refractivity contribution in [3.63, 3.8) is 0 Å². The van der Waals surface area contributed by atoms with Crippen LogP contribution in [0.1, 0.15) is 31.3 Å². The van der Waals surface area contributed by atoms with Gasteiger partial charge in [0, 0.05) is 0 Å². The van der Waals surface area contributed by atoms with Gasteiger partial charge in [0.25, 0.3) is 0 Å². The second kappa shape index (κ2) is 4.40. The third-order valence-electron chi connectivity index (χ3n) is 2.49. The molecule has 5 nitrogen and oxygen atoms in total. The Morgan fingerprint density at radius 3 is 2.56 bits per heavy atom. The van der Waals surface area contributed by atoms with Crippen molar-refractivity contribution >= 4 is 0 Å². The minimum Gasteiger partial charge on any atom is -0.321 e. The van der Waals surface area contributed by atoms with E-state index in [2.05, 4.69) is 34.6 Å². The van der Waals surface area contributed by atoms with Gasteiger partial charge in [0.15, 0.2) is 5.82 Å². The van der Waals surface area contributed by atoms with Crippen molar-refractivity contribution in [2.75, 3.05) is 0 Å². The van der Waals surface area contributed by atoms with E-state index in [0.717, 1.165) is 12.1 Å². The zero-order valence-electron chi connectivity index (χ0n) is 9.46. The molecule has 2 N–H and O–H groups in total. The molecule has 0 amide bonds. The van der Waals surface area contributed by atoms with Crippen molar-refractivity contribution in [2.45, 2.75) is 26.3 Å². The summed E-state index contributed by atoms with van der Waals surface area (Å²) in [7, 11) is 0. The van der Waals surface area contributed by atoms with Gasteiger partial charge < -0.3 is 5.73 Å². The largest absolute Gasteiger partial charge is 0.321 e. The van der Waals surface area contributed by atoms with Crippen molar-refractivity contribution in [1.82, 2.24) is 20.2 Å². The van der Waals surface area contributed by atoms with Gasteiger partial charge in [-0.05, 0) is 41.5 Å². The highest BCUT2D eigenvalue weighted by molar-refractivity contribution is 5.34. The number of tetrazole rings is 1. The first-order valence-corrected chi connectivity index (χ1v) is 5.35. The molecule has 1 unspecified atom stereocenters. The predicted molar refractivity (Wildman–Crippen MR) is 61.1 cm³/mol. The number of benzene rings is 1. The van der Waals surface area contributed by atoms with E-state index in [1.807, 2.05) is 19.1 Å². The Labute approximate surface area is 94.3 Å². The summed E-state index contributed by atoms with van der Waals surface area (Å²) in [5, 5.41) is 11.5. The van der Waals surface area contributed by atoms with Crippen LogP contribution in [0.2, 0.25) is 0 Å². The van der Waals surface area contributed by atoms with Gasteiger partial charge in [-0.15, -0.1) is 5.10 Å². The summed E-state index contributed by atoms with van der Waals surface area (Å²) in [5.74, 6) is 0.671. The summed E-state index contributed by atoms with van der Waals surface area (Å²) < 4.78 is 1.67. The maximum atomic E-state index is 5.79. The summed E-state index contributed by atoms with van der Waals surface area (Å²) in [6.07, 6.45) is 1.02. The average molecular weight is 217 g/mol. The molecule has 2 aromatic rings. The van der Waals surface area contributed by atoms with Crippen LogP contribution < -0.4 is 5.73 Å². The lowest BCUT2D eigenvalue weighted by molar-refractivity contribution is 0.688. The Morgan fingerprint density at radius 1 is 1.31 bits per heavy atom. The smallest absolute Gasteiger partial charge is 0.173 e. The molecule has 0 radical (unpaired) electrons. The highest BCUT2D eigenvalue weighted by Crippen LogP contribution is 2.13. The molecule has 0 aliphatic carbocycles. The van der Waals surface area contributed by atoms with Gasteiger partial charge in [0.1, 0.15) is 0 Å². The molecule has 0 fully saturated rings. The van der Waals surface area contributed by atoms with Gasteiger partial charge in [-0.25, -0.2) is 0 Å². The fraction of sp³-hybridized carbons (Fsp3) is 0.364. The summed E-state index contributed by atoms with van der Waals surface area (Å²) in [4.78, 5) is 0. The minimum absolute atomic E-state index is 0.180. The van der Waals surface area contributed by atoms with Crippen molar-refractivity contribution in [1.29, 1.82) is 0 Å². The topological polar surface area (TPSA) is 69.6 Å². The van der Waals surface area contributed by atoms with Crippen molar-refractivity contribution in [3.05, 3.63) is 35.7 Å². The fourth-order valence-corrected chi connectivity index (χ4v) is 1.53. The van der Waals surface area contributed by atoms with Crippen LogP contribution in [0.25, 0.3) is 5.69 Å². The molecule has 0 aliphatic heterocycles. The molecule has 1 heterocycles. The minimum atomic E-state index is -0.180. The summed E-state index contributed by atoms with van der Waals surface area (Å²) >= 11 is 0. The molecule has 1 aromatic heterocycles. The van der Waals surface area contributed by atoms with Crippen LogP contribution in [0.5, 0.6) is 0 Å². The fourth-order valence-electron chi connectivity index (χ4n) is 1.53. The standard InChI is InChI=1S/C11H15N5/c1-3-9-4-6-10(7-5-9)16-11(8(2)12)13-14-15-16/h4-8H,3,12H2,1-2H3. The van der Waals surface area contributed by atoms with E-state index in [1.165, 1.54) is 5.56 Å². The first kappa shape index (κ1) is 10.8. The quantitative estimate of drug-likeness (QED) is 0.839. The van der Waals surface area contributed by atoms with E-state index < -0.39 is 0 Å². The normalized spacial score (nSPS) is 12.7. The Kier molecular flexibility index (Phi) is 2.96. The van der Waals surface area contributed by atoms with E-state index in [0.29, 0.717) is 5.82 Å². The van der Waals surface area contributed by atoms with Gasteiger partial charge in [-0.3, -0.25) is 0 Å². The number of aryl methyl sites for hydroxylation is 1. The zero-order valence-corrected chi connectivity index (χ0v) is 9.46. The molecule has 1 atom stereocenters. The number of nitrogens with zero attached hydrogens (tertiary/aromatic N) is 4. The monoisotopic (exact) mass is 217 g/mol. The predicted octanol–water partition coefficient (Wildman–Crippen LogP) is 1.24. The first-order chi connectivity index (χ1) is 7.72. The number of hydrogen-bond donors (Lipinski definition) is 1. The highest BCUT2D eigenvalue weighted by Gasteiger charge is 2.11. The Hall–Kier alpha value is -1.75. The molecular formula is C11H15N5. The van der Waals surface area contributed by atoms with Crippen LogP contribution >= 0.6 is 0 Å². The molecule has 2 rings (SSSR count). The van der Waals surface area contributed by atoms with Crippen LogP contribution in [0.4, 0.5) is 0 Å². The van der Waals surface area contributed by atoms with Gasteiger partial charge in [-0.2, -0.15) is 4.68 Å². The molecule has 5 heteroatoms. The zero-order chi connectivity index (χ0) is 11.5. The van der Waals surface area contributed by atoms with Crippen LogP contribution in [-0.4, -0.2) is 20.2 Å². The van der Waals surface area contributed by atoms with E-state index in [9.17, 15) is 0 Å². The molecule has 0 spiro atoms. The van der Waals surface area contributed by atoms with Crippen molar-refractivity contribution < 1.29 is 0 Å². The number of hydrogen-bond acceptors (Lipinski definition) is 4. The Morgan fingerprint density at radius 2 is 2.00 bits per heavy atom. The highest BCUT2D eigenvalue weighted by atomic mass is 15.5. The molecule has 0 aliphatic rings. The molecule has 0 saturated heterocycles. The van der Waals surface area contributed by atoms with E-state index >= 15 is 0 Å². The van der Waals surface area contributed by atoms with Gasteiger partial charge in [-0.1, -0.05) is 19.1 Å². The van der Waals surface area contributed by atoms with Crippen molar-refractivity contribution in [2.24, 2.45) is 5.73 Å². The number of rotatable bonds is 3. The summed E-state index contributed by atoms with van der Waals surface area (Å²) in [5.41, 5.74) is 8.02. The molecular weight excluding hydrogens is 202 g/mol. The second-order valence-electron chi connectivity index (χ2n) is 3.76. The number of aromatic nitrogens is 4. The van der Waals surface area contributed by atoms with Gasteiger partial charge in [0.2, 0.25) is 0 Å². The van der Waals surface area contributed by atoms with Crippen LogP contribution in [-0.2, 0) is 6.42 Å². The molecule has 0 bridgehead atoms. The third-order valence-corrected chi connectivity index (χ3v) is 2.49.